The van der Waals surface area contributed by atoms with E-state index in [0.29, 0.717) is 11.5 Å². The summed E-state index contributed by atoms with van der Waals surface area (Å²) in [6.45, 7) is 3.76. The van der Waals surface area contributed by atoms with Crippen molar-refractivity contribution in [2.45, 2.75) is 51.5 Å². The molecule has 0 aromatic carbocycles. The molecule has 0 radical (unpaired) electrons. The molecule has 0 aromatic rings. The van der Waals surface area contributed by atoms with Crippen molar-refractivity contribution in [2.75, 3.05) is 13.1 Å². The van der Waals surface area contributed by atoms with Crippen LogP contribution in [0.4, 0.5) is 0 Å². The smallest absolute Gasteiger partial charge is 0.326 e. The van der Waals surface area contributed by atoms with Crippen molar-refractivity contribution in [3.63, 3.8) is 0 Å². The Labute approximate surface area is 108 Å². The molecule has 1 atom stereocenters. The molecule has 0 amide bonds. The van der Waals surface area contributed by atoms with E-state index in [2.05, 4.69) is 12.2 Å². The number of carboxylic acid groups (broad SMARTS) is 1. The lowest BCUT2D eigenvalue weighted by atomic mass is 10.0. The molecule has 0 bridgehead atoms. The Balaban J connectivity index is 2.39. The molecule has 0 aliphatic carbocycles. The highest BCUT2D eigenvalue weighted by molar-refractivity contribution is 7.80. The average molecular weight is 258 g/mol. The van der Waals surface area contributed by atoms with E-state index in [9.17, 15) is 4.79 Å². The first-order valence-corrected chi connectivity index (χ1v) is 6.85. The third kappa shape index (κ3) is 4.50. The minimum Gasteiger partial charge on any atom is -0.480 e. The number of nitrogens with zero attached hydrogens (tertiary/aromatic N) is 1. The Hall–Kier alpha value is -0.840. The molecule has 98 valence electrons. The van der Waals surface area contributed by atoms with Gasteiger partial charge in [0.15, 0.2) is 5.11 Å². The summed E-state index contributed by atoms with van der Waals surface area (Å²) in [7, 11) is 0. The van der Waals surface area contributed by atoms with Gasteiger partial charge in [0.05, 0.1) is 0 Å². The minimum absolute atomic E-state index is 0.435. The molecule has 17 heavy (non-hydrogen) atoms. The summed E-state index contributed by atoms with van der Waals surface area (Å²) in [5.41, 5.74) is 0. The van der Waals surface area contributed by atoms with Crippen LogP contribution >= 0.6 is 12.2 Å². The fraction of sp³-hybridized carbons (Fsp3) is 0.833. The first-order valence-electron chi connectivity index (χ1n) is 6.44. The molecule has 1 unspecified atom stereocenters. The molecule has 1 heterocycles. The van der Waals surface area contributed by atoms with Gasteiger partial charge in [-0.3, -0.25) is 0 Å². The summed E-state index contributed by atoms with van der Waals surface area (Å²) >= 11 is 5.27. The summed E-state index contributed by atoms with van der Waals surface area (Å²) < 4.78 is 0. The quantitative estimate of drug-likeness (QED) is 0.583. The highest BCUT2D eigenvalue weighted by atomic mass is 32.1. The Bertz CT molecular complexity index is 271. The van der Waals surface area contributed by atoms with E-state index in [1.807, 2.05) is 4.90 Å². The average Bonchev–Trinajstić information content (AvgIpc) is 2.34. The van der Waals surface area contributed by atoms with Crippen molar-refractivity contribution in [2.24, 2.45) is 0 Å². The summed E-state index contributed by atoms with van der Waals surface area (Å²) in [4.78, 5) is 12.9. The number of aliphatic carboxylic acids is 1. The zero-order chi connectivity index (χ0) is 12.7. The third-order valence-electron chi connectivity index (χ3n) is 3.11. The van der Waals surface area contributed by atoms with E-state index in [1.165, 1.54) is 12.8 Å². The maximum atomic E-state index is 11.1. The first kappa shape index (κ1) is 14.2. The fourth-order valence-corrected chi connectivity index (χ4v) is 2.42. The number of nitrogens with one attached hydrogen (secondary N) is 1. The molecule has 1 fully saturated rings. The van der Waals surface area contributed by atoms with Crippen molar-refractivity contribution in [3.05, 3.63) is 0 Å². The molecule has 1 rings (SSSR count). The van der Waals surface area contributed by atoms with Crippen LogP contribution in [0.1, 0.15) is 45.4 Å². The number of piperidine rings is 1. The van der Waals surface area contributed by atoms with E-state index in [1.54, 1.807) is 0 Å². The van der Waals surface area contributed by atoms with Gasteiger partial charge >= 0.3 is 5.97 Å². The number of carbonyl (C=O) groups is 1. The summed E-state index contributed by atoms with van der Waals surface area (Å²) in [6, 6.07) is -0.435. The monoisotopic (exact) mass is 258 g/mol. The number of rotatable bonds is 5. The van der Waals surface area contributed by atoms with E-state index < -0.39 is 12.0 Å². The van der Waals surface area contributed by atoms with Gasteiger partial charge in [0, 0.05) is 13.1 Å². The lowest BCUT2D eigenvalue weighted by Gasteiger charge is -2.35. The number of likely N-dealkylation sites (tertiary alicyclic amines) is 1. The maximum absolute atomic E-state index is 11.1. The first-order chi connectivity index (χ1) is 8.16. The molecule has 0 saturated carbocycles. The zero-order valence-electron chi connectivity index (χ0n) is 10.4. The van der Waals surface area contributed by atoms with Crippen molar-refractivity contribution in [1.29, 1.82) is 0 Å². The highest BCUT2D eigenvalue weighted by Gasteiger charge is 2.29. The summed E-state index contributed by atoms with van der Waals surface area (Å²) in [5, 5.41) is 12.9. The van der Waals surface area contributed by atoms with Gasteiger partial charge in [0.1, 0.15) is 6.04 Å². The van der Waals surface area contributed by atoms with Crippen LogP contribution in [-0.4, -0.2) is 40.2 Å². The second-order valence-corrected chi connectivity index (χ2v) is 4.87. The van der Waals surface area contributed by atoms with Crippen LogP contribution in [0.2, 0.25) is 0 Å². The molecule has 2 N–H and O–H groups in total. The van der Waals surface area contributed by atoms with Crippen LogP contribution in [0, 0.1) is 0 Å². The van der Waals surface area contributed by atoms with Crippen LogP contribution in [0.5, 0.6) is 0 Å². The number of hydrogen-bond donors (Lipinski definition) is 2. The Morgan fingerprint density at radius 3 is 2.88 bits per heavy atom. The predicted molar refractivity (Wildman–Crippen MR) is 72.1 cm³/mol. The van der Waals surface area contributed by atoms with Crippen LogP contribution < -0.4 is 5.32 Å². The zero-order valence-corrected chi connectivity index (χ0v) is 11.3. The van der Waals surface area contributed by atoms with Gasteiger partial charge in [-0.1, -0.05) is 19.8 Å². The van der Waals surface area contributed by atoms with Gasteiger partial charge in [-0.25, -0.2) is 4.79 Å². The molecule has 0 spiro atoms. The molecule has 4 nitrogen and oxygen atoms in total. The fourth-order valence-electron chi connectivity index (χ4n) is 2.10. The lowest BCUT2D eigenvalue weighted by molar-refractivity contribution is -0.142. The molecular formula is C12H22N2O2S. The molecule has 0 aromatic heterocycles. The molecule has 1 saturated heterocycles. The van der Waals surface area contributed by atoms with Crippen molar-refractivity contribution >= 4 is 23.3 Å². The van der Waals surface area contributed by atoms with E-state index in [4.69, 9.17) is 17.3 Å². The van der Waals surface area contributed by atoms with Gasteiger partial charge in [-0.05, 0) is 37.9 Å². The topological polar surface area (TPSA) is 52.6 Å². The summed E-state index contributed by atoms with van der Waals surface area (Å²) in [6.07, 6.45) is 6.15. The normalized spacial score (nSPS) is 20.1. The highest BCUT2D eigenvalue weighted by Crippen LogP contribution is 2.17. The van der Waals surface area contributed by atoms with Crippen LogP contribution in [0.15, 0.2) is 0 Å². The van der Waals surface area contributed by atoms with Gasteiger partial charge in [0.25, 0.3) is 0 Å². The van der Waals surface area contributed by atoms with Crippen molar-refractivity contribution in [3.8, 4) is 0 Å². The largest absolute Gasteiger partial charge is 0.480 e. The lowest BCUT2D eigenvalue weighted by Crippen LogP contribution is -2.51. The number of hydrogen-bond acceptors (Lipinski definition) is 2. The Morgan fingerprint density at radius 1 is 1.47 bits per heavy atom. The third-order valence-corrected chi connectivity index (χ3v) is 3.48. The van der Waals surface area contributed by atoms with Crippen LogP contribution in [-0.2, 0) is 4.79 Å². The molecule has 1 aliphatic rings. The van der Waals surface area contributed by atoms with Gasteiger partial charge < -0.3 is 15.3 Å². The van der Waals surface area contributed by atoms with Crippen molar-refractivity contribution < 1.29 is 9.90 Å². The second kappa shape index (κ2) is 7.48. The Kier molecular flexibility index (Phi) is 6.26. The molecule has 1 aliphatic heterocycles. The van der Waals surface area contributed by atoms with E-state index >= 15 is 0 Å². The number of carboxylic acids is 1. The number of unbranched alkanes of at least 4 members (excludes halogenated alkanes) is 2. The van der Waals surface area contributed by atoms with Crippen LogP contribution in [0.3, 0.4) is 0 Å². The van der Waals surface area contributed by atoms with Crippen molar-refractivity contribution in [1.82, 2.24) is 10.2 Å². The van der Waals surface area contributed by atoms with Gasteiger partial charge in [0.2, 0.25) is 0 Å². The predicted octanol–water partition coefficient (Wildman–Crippen LogP) is 1.99. The SMILES string of the molecule is CCCCCNC(=S)N1CCCCC1C(=O)O. The molecular weight excluding hydrogens is 236 g/mol. The van der Waals surface area contributed by atoms with Gasteiger partial charge in [-0.2, -0.15) is 0 Å². The van der Waals surface area contributed by atoms with Gasteiger partial charge in [-0.15, -0.1) is 0 Å². The standard InChI is InChI=1S/C12H22N2O2S/c1-2-3-5-8-13-12(17)14-9-6-4-7-10(14)11(15)16/h10H,2-9H2,1H3,(H,13,17)(H,15,16). The van der Waals surface area contributed by atoms with E-state index in [0.717, 1.165) is 32.4 Å². The second-order valence-electron chi connectivity index (χ2n) is 4.48. The number of thiocarbonyl (C=S) groups is 1. The minimum atomic E-state index is -0.762. The molecule has 5 heteroatoms. The maximum Gasteiger partial charge on any atom is 0.326 e. The Morgan fingerprint density at radius 2 is 2.24 bits per heavy atom. The van der Waals surface area contributed by atoms with E-state index in [-0.39, 0.29) is 0 Å². The summed E-state index contributed by atoms with van der Waals surface area (Å²) in [5.74, 6) is -0.762. The van der Waals surface area contributed by atoms with Crippen LogP contribution in [0.25, 0.3) is 0 Å².